The van der Waals surface area contributed by atoms with Gasteiger partial charge in [0.15, 0.2) is 0 Å². The topological polar surface area (TPSA) is 44.4 Å². The van der Waals surface area contributed by atoms with Crippen LogP contribution in [0.3, 0.4) is 0 Å². The molecule has 0 unspecified atom stereocenters. The molecule has 0 atom stereocenters. The Morgan fingerprint density at radius 1 is 1.10 bits per heavy atom. The van der Waals surface area contributed by atoms with E-state index in [2.05, 4.69) is 22.5 Å². The Kier molecular flexibility index (Phi) is 7.92. The highest BCUT2D eigenvalue weighted by atomic mass is 16.1. The van der Waals surface area contributed by atoms with Gasteiger partial charge >= 0.3 is 0 Å². The van der Waals surface area contributed by atoms with Gasteiger partial charge in [0.05, 0.1) is 0 Å². The van der Waals surface area contributed by atoms with Crippen molar-refractivity contribution >= 4 is 5.91 Å². The Bertz CT molecular complexity index is 389. The summed E-state index contributed by atoms with van der Waals surface area (Å²) in [5, 5.41) is 6.14. The fraction of sp³-hybridized carbons (Fsp3) is 0.562. The van der Waals surface area contributed by atoms with Crippen molar-refractivity contribution in [3.8, 4) is 0 Å². The van der Waals surface area contributed by atoms with E-state index in [-0.39, 0.29) is 5.91 Å². The smallest absolute Gasteiger partial charge is 0.251 e. The zero-order valence-electron chi connectivity index (χ0n) is 12.9. The number of benzene rings is 1. The van der Waals surface area contributed by atoms with Gasteiger partial charge in [0.2, 0.25) is 0 Å². The van der Waals surface area contributed by atoms with E-state index in [9.17, 15) is 4.79 Å². The summed E-state index contributed by atoms with van der Waals surface area (Å²) in [6.07, 6.45) is 1.13. The van der Waals surface area contributed by atoms with Gasteiger partial charge in [-0.3, -0.25) is 4.79 Å². The summed E-state index contributed by atoms with van der Waals surface area (Å²) in [6.45, 7) is 8.85. The molecule has 0 spiro atoms. The second kappa shape index (κ2) is 9.50. The third-order valence-electron chi connectivity index (χ3n) is 3.25. The van der Waals surface area contributed by atoms with E-state index in [1.54, 1.807) is 0 Å². The molecule has 4 heteroatoms. The van der Waals surface area contributed by atoms with Crippen LogP contribution in [-0.2, 0) is 0 Å². The third kappa shape index (κ3) is 6.17. The van der Waals surface area contributed by atoms with Crippen LogP contribution in [0.1, 0.15) is 29.3 Å². The Labute approximate surface area is 122 Å². The number of carbonyl (C=O) groups excluding carboxylic acids is 1. The van der Waals surface area contributed by atoms with Crippen LogP contribution in [0.4, 0.5) is 0 Å². The highest BCUT2D eigenvalue weighted by Gasteiger charge is 2.06. The van der Waals surface area contributed by atoms with E-state index in [1.165, 1.54) is 5.56 Å². The first-order valence-electron chi connectivity index (χ1n) is 7.39. The predicted octanol–water partition coefficient (Wildman–Crippen LogP) is 1.66. The average Bonchev–Trinajstić information content (AvgIpc) is 2.45. The lowest BCUT2D eigenvalue weighted by atomic mass is 10.1. The van der Waals surface area contributed by atoms with E-state index in [4.69, 9.17) is 0 Å². The summed E-state index contributed by atoms with van der Waals surface area (Å²) in [4.78, 5) is 14.3. The highest BCUT2D eigenvalue weighted by Crippen LogP contribution is 2.02. The molecule has 4 nitrogen and oxygen atoms in total. The van der Waals surface area contributed by atoms with Gasteiger partial charge < -0.3 is 15.5 Å². The van der Waals surface area contributed by atoms with Crippen molar-refractivity contribution in [2.75, 3.05) is 39.8 Å². The van der Waals surface area contributed by atoms with Crippen LogP contribution in [-0.4, -0.2) is 50.6 Å². The second-order valence-electron chi connectivity index (χ2n) is 5.07. The van der Waals surface area contributed by atoms with E-state index in [0.29, 0.717) is 6.54 Å². The number of carbonyl (C=O) groups is 1. The number of nitrogens with zero attached hydrogens (tertiary/aromatic N) is 1. The molecule has 1 amide bonds. The number of hydrogen-bond donors (Lipinski definition) is 2. The molecule has 2 N–H and O–H groups in total. The van der Waals surface area contributed by atoms with E-state index in [0.717, 1.165) is 38.2 Å². The van der Waals surface area contributed by atoms with Crippen molar-refractivity contribution in [2.24, 2.45) is 0 Å². The first-order valence-corrected chi connectivity index (χ1v) is 7.39. The lowest BCUT2D eigenvalue weighted by molar-refractivity contribution is 0.0948. The molecule has 112 valence electrons. The molecular formula is C16H27N3O. The summed E-state index contributed by atoms with van der Waals surface area (Å²) < 4.78 is 0. The number of rotatable bonds is 9. The zero-order chi connectivity index (χ0) is 14.8. The Morgan fingerprint density at radius 2 is 1.75 bits per heavy atom. The molecule has 0 aromatic heterocycles. The number of aryl methyl sites for hydroxylation is 1. The first-order chi connectivity index (χ1) is 9.67. The number of likely N-dealkylation sites (N-methyl/N-ethyl adjacent to an activating group) is 1. The van der Waals surface area contributed by atoms with Crippen LogP contribution in [0.25, 0.3) is 0 Å². The van der Waals surface area contributed by atoms with Crippen molar-refractivity contribution < 1.29 is 4.79 Å². The van der Waals surface area contributed by atoms with E-state index >= 15 is 0 Å². The van der Waals surface area contributed by atoms with E-state index in [1.807, 2.05) is 38.2 Å². The Hall–Kier alpha value is -1.39. The maximum atomic E-state index is 12.0. The van der Waals surface area contributed by atoms with Crippen LogP contribution in [0.15, 0.2) is 24.3 Å². The molecule has 0 aliphatic heterocycles. The number of hydrogen-bond acceptors (Lipinski definition) is 3. The normalized spacial score (nSPS) is 10.8. The lowest BCUT2D eigenvalue weighted by Gasteiger charge is -2.21. The van der Waals surface area contributed by atoms with Crippen molar-refractivity contribution in [1.82, 2.24) is 15.5 Å². The van der Waals surface area contributed by atoms with Gasteiger partial charge in [0.1, 0.15) is 0 Å². The van der Waals surface area contributed by atoms with Gasteiger partial charge in [0, 0.05) is 31.7 Å². The molecule has 0 heterocycles. The van der Waals surface area contributed by atoms with Crippen molar-refractivity contribution in [3.05, 3.63) is 35.4 Å². The maximum Gasteiger partial charge on any atom is 0.251 e. The SMILES string of the molecule is CCCN(CCNC)CCNC(=O)c1ccc(C)cc1. The lowest BCUT2D eigenvalue weighted by Crippen LogP contribution is -2.38. The van der Waals surface area contributed by atoms with Crippen LogP contribution < -0.4 is 10.6 Å². The van der Waals surface area contributed by atoms with Gasteiger partial charge in [-0.2, -0.15) is 0 Å². The third-order valence-corrected chi connectivity index (χ3v) is 3.25. The van der Waals surface area contributed by atoms with Gasteiger partial charge in [0.25, 0.3) is 5.91 Å². The fourth-order valence-corrected chi connectivity index (χ4v) is 2.06. The van der Waals surface area contributed by atoms with Gasteiger partial charge in [-0.1, -0.05) is 24.6 Å². The predicted molar refractivity (Wildman–Crippen MR) is 84.2 cm³/mol. The Morgan fingerprint density at radius 3 is 2.35 bits per heavy atom. The van der Waals surface area contributed by atoms with Crippen LogP contribution >= 0.6 is 0 Å². The number of amides is 1. The molecule has 1 aromatic carbocycles. The quantitative estimate of drug-likeness (QED) is 0.721. The largest absolute Gasteiger partial charge is 0.351 e. The Balaban J connectivity index is 2.34. The molecule has 0 radical (unpaired) electrons. The standard InChI is InChI=1S/C16H27N3O/c1-4-11-19(12-9-17-3)13-10-18-16(20)15-7-5-14(2)6-8-15/h5-8,17H,4,9-13H2,1-3H3,(H,18,20). The second-order valence-corrected chi connectivity index (χ2v) is 5.07. The van der Waals surface area contributed by atoms with Crippen LogP contribution in [0.5, 0.6) is 0 Å². The molecule has 1 aromatic rings. The van der Waals surface area contributed by atoms with E-state index < -0.39 is 0 Å². The molecular weight excluding hydrogens is 250 g/mol. The van der Waals surface area contributed by atoms with Crippen molar-refractivity contribution in [2.45, 2.75) is 20.3 Å². The summed E-state index contributed by atoms with van der Waals surface area (Å²) in [6, 6.07) is 7.67. The molecule has 0 saturated carbocycles. The van der Waals surface area contributed by atoms with Crippen molar-refractivity contribution in [3.63, 3.8) is 0 Å². The van der Waals surface area contributed by atoms with Crippen LogP contribution in [0.2, 0.25) is 0 Å². The highest BCUT2D eigenvalue weighted by molar-refractivity contribution is 5.94. The minimum absolute atomic E-state index is 0.00932. The average molecular weight is 277 g/mol. The summed E-state index contributed by atoms with van der Waals surface area (Å²) in [5.41, 5.74) is 1.90. The van der Waals surface area contributed by atoms with Gasteiger partial charge in [-0.25, -0.2) is 0 Å². The van der Waals surface area contributed by atoms with Gasteiger partial charge in [-0.05, 0) is 39.1 Å². The van der Waals surface area contributed by atoms with Crippen LogP contribution in [0, 0.1) is 6.92 Å². The summed E-state index contributed by atoms with van der Waals surface area (Å²) >= 11 is 0. The molecule has 0 saturated heterocycles. The molecule has 20 heavy (non-hydrogen) atoms. The van der Waals surface area contributed by atoms with Crippen molar-refractivity contribution in [1.29, 1.82) is 0 Å². The summed E-state index contributed by atoms with van der Waals surface area (Å²) in [7, 11) is 1.96. The molecule has 0 fully saturated rings. The first kappa shape index (κ1) is 16.7. The minimum Gasteiger partial charge on any atom is -0.351 e. The molecule has 1 rings (SSSR count). The monoisotopic (exact) mass is 277 g/mol. The van der Waals surface area contributed by atoms with Gasteiger partial charge in [-0.15, -0.1) is 0 Å². The number of nitrogens with one attached hydrogen (secondary N) is 2. The molecule has 0 aliphatic rings. The molecule has 0 bridgehead atoms. The molecule has 0 aliphatic carbocycles. The minimum atomic E-state index is 0.00932. The zero-order valence-corrected chi connectivity index (χ0v) is 12.9. The fourth-order valence-electron chi connectivity index (χ4n) is 2.06. The summed E-state index contributed by atoms with van der Waals surface area (Å²) in [5.74, 6) is 0.00932. The maximum absolute atomic E-state index is 12.0.